The van der Waals surface area contributed by atoms with Gasteiger partial charge in [-0.05, 0) is 12.5 Å². The smallest absolute Gasteiger partial charge is 0.244 e. The zero-order valence-electron chi connectivity index (χ0n) is 12.6. The first kappa shape index (κ1) is 18.1. The zero-order chi connectivity index (χ0) is 16.3. The van der Waals surface area contributed by atoms with Gasteiger partial charge < -0.3 is 10.3 Å². The van der Waals surface area contributed by atoms with E-state index < -0.39 is 19.9 Å². The highest BCUT2D eigenvalue weighted by Crippen LogP contribution is 2.18. The number of aromatic nitrogens is 1. The molecule has 0 bridgehead atoms. The number of hydrogen-bond acceptors (Lipinski definition) is 5. The molecule has 0 aromatic carbocycles. The van der Waals surface area contributed by atoms with Gasteiger partial charge in [-0.15, -0.1) is 0 Å². The van der Waals surface area contributed by atoms with Crippen LogP contribution in [0.2, 0.25) is 0 Å². The average Bonchev–Trinajstić information content (AvgIpc) is 2.79. The van der Waals surface area contributed by atoms with Gasteiger partial charge in [-0.3, -0.25) is 0 Å². The summed E-state index contributed by atoms with van der Waals surface area (Å²) in [6, 6.07) is 1.54. The van der Waals surface area contributed by atoms with Crippen LogP contribution in [0.3, 0.4) is 0 Å². The average molecular weight is 337 g/mol. The molecule has 0 saturated heterocycles. The van der Waals surface area contributed by atoms with E-state index >= 15 is 0 Å². The van der Waals surface area contributed by atoms with Crippen molar-refractivity contribution in [3.8, 4) is 0 Å². The van der Waals surface area contributed by atoms with E-state index in [0.29, 0.717) is 6.54 Å². The third-order valence-electron chi connectivity index (χ3n) is 3.12. The highest BCUT2D eigenvalue weighted by Gasteiger charge is 2.24. The molecule has 0 spiro atoms. The van der Waals surface area contributed by atoms with Crippen molar-refractivity contribution in [1.82, 2.24) is 8.87 Å². The van der Waals surface area contributed by atoms with E-state index in [1.807, 2.05) is 11.5 Å². The number of sulfonamides is 1. The van der Waals surface area contributed by atoms with Crippen molar-refractivity contribution in [2.75, 3.05) is 25.6 Å². The van der Waals surface area contributed by atoms with Gasteiger partial charge in [0.05, 0.1) is 5.75 Å². The minimum absolute atomic E-state index is 0.0713. The van der Waals surface area contributed by atoms with Crippen molar-refractivity contribution >= 4 is 19.9 Å². The summed E-state index contributed by atoms with van der Waals surface area (Å²) in [5.41, 5.74) is 6.36. The Hall–Kier alpha value is -0.900. The lowest BCUT2D eigenvalue weighted by atomic mass is 10.4. The number of rotatable bonds is 8. The van der Waals surface area contributed by atoms with E-state index in [1.54, 1.807) is 12.3 Å². The molecule has 1 rings (SSSR count). The molecule has 2 N–H and O–H groups in total. The Labute approximate surface area is 126 Å². The van der Waals surface area contributed by atoms with Gasteiger partial charge in [0.25, 0.3) is 0 Å². The first-order chi connectivity index (χ1) is 9.61. The molecule has 7 nitrogen and oxygen atoms in total. The highest BCUT2D eigenvalue weighted by molar-refractivity contribution is 7.91. The zero-order valence-corrected chi connectivity index (χ0v) is 14.2. The van der Waals surface area contributed by atoms with Crippen molar-refractivity contribution in [2.45, 2.75) is 31.3 Å². The molecular weight excluding hydrogens is 314 g/mol. The summed E-state index contributed by atoms with van der Waals surface area (Å²) in [5.74, 6) is -0.206. The van der Waals surface area contributed by atoms with Gasteiger partial charge in [-0.25, -0.2) is 16.8 Å². The lowest BCUT2D eigenvalue weighted by Crippen LogP contribution is -2.31. The van der Waals surface area contributed by atoms with Crippen LogP contribution in [0, 0.1) is 0 Å². The molecular formula is C12H23N3O4S2. The summed E-state index contributed by atoms with van der Waals surface area (Å²) >= 11 is 0. The lowest BCUT2D eigenvalue weighted by molar-refractivity contribution is 0.484. The van der Waals surface area contributed by atoms with Crippen LogP contribution in [0.15, 0.2) is 17.2 Å². The van der Waals surface area contributed by atoms with Crippen LogP contribution in [-0.4, -0.2) is 51.3 Å². The summed E-state index contributed by atoms with van der Waals surface area (Å²) in [6.45, 7) is 2.86. The van der Waals surface area contributed by atoms with Gasteiger partial charge in [0.1, 0.15) is 14.7 Å². The van der Waals surface area contributed by atoms with Gasteiger partial charge in [0.2, 0.25) is 10.0 Å². The van der Waals surface area contributed by atoms with E-state index in [-0.39, 0.29) is 23.7 Å². The summed E-state index contributed by atoms with van der Waals surface area (Å²) in [6.07, 6.45) is 3.50. The van der Waals surface area contributed by atoms with Crippen LogP contribution in [-0.2, 0) is 33.0 Å². The van der Waals surface area contributed by atoms with Crippen molar-refractivity contribution in [2.24, 2.45) is 5.73 Å². The van der Waals surface area contributed by atoms with Gasteiger partial charge in [-0.1, -0.05) is 6.92 Å². The van der Waals surface area contributed by atoms with Crippen LogP contribution < -0.4 is 5.73 Å². The quantitative estimate of drug-likeness (QED) is 0.720. The van der Waals surface area contributed by atoms with Crippen LogP contribution in [0.1, 0.15) is 19.0 Å². The Balaban J connectivity index is 3.01. The largest absolute Gasteiger partial charge is 0.349 e. The van der Waals surface area contributed by atoms with Crippen molar-refractivity contribution in [3.05, 3.63) is 18.0 Å². The minimum atomic E-state index is -3.70. The molecule has 122 valence electrons. The summed E-state index contributed by atoms with van der Waals surface area (Å²) in [4.78, 5) is 0.146. The molecule has 0 unspecified atom stereocenters. The molecule has 0 amide bonds. The fraction of sp³-hybridized carbons (Fsp3) is 0.667. The maximum Gasteiger partial charge on any atom is 0.244 e. The predicted molar refractivity (Wildman–Crippen MR) is 82.1 cm³/mol. The third-order valence-corrected chi connectivity index (χ3v) is 5.87. The predicted octanol–water partition coefficient (Wildman–Crippen LogP) is 0.0219. The number of nitrogens with two attached hydrogens (primary N) is 1. The van der Waals surface area contributed by atoms with Crippen molar-refractivity contribution in [1.29, 1.82) is 0 Å². The Morgan fingerprint density at radius 3 is 2.38 bits per heavy atom. The Morgan fingerprint density at radius 1 is 1.29 bits per heavy atom. The van der Waals surface area contributed by atoms with E-state index in [1.165, 1.54) is 7.05 Å². The maximum atomic E-state index is 12.4. The van der Waals surface area contributed by atoms with Crippen LogP contribution in [0.5, 0.6) is 0 Å². The van der Waals surface area contributed by atoms with Gasteiger partial charge in [-0.2, -0.15) is 4.31 Å². The number of nitrogens with zero attached hydrogens (tertiary/aromatic N) is 2. The molecule has 9 heteroatoms. The SMILES string of the molecule is CCCn1cc(S(=O)(=O)N(C)CCS(C)(=O)=O)cc1CN. The lowest BCUT2D eigenvalue weighted by Gasteiger charge is -2.15. The van der Waals surface area contributed by atoms with E-state index in [0.717, 1.165) is 22.7 Å². The summed E-state index contributed by atoms with van der Waals surface area (Å²) in [7, 11) is -5.53. The highest BCUT2D eigenvalue weighted by atomic mass is 32.2. The second kappa shape index (κ2) is 6.91. The first-order valence-electron chi connectivity index (χ1n) is 6.65. The molecule has 0 radical (unpaired) electrons. The second-order valence-electron chi connectivity index (χ2n) is 5.02. The molecule has 0 aliphatic rings. The number of hydrogen-bond donors (Lipinski definition) is 1. The Kier molecular flexibility index (Phi) is 5.97. The molecule has 0 saturated carbocycles. The molecule has 0 atom stereocenters. The van der Waals surface area contributed by atoms with Crippen molar-refractivity contribution in [3.63, 3.8) is 0 Å². The van der Waals surface area contributed by atoms with E-state index in [4.69, 9.17) is 5.73 Å². The Bertz CT molecular complexity index is 677. The maximum absolute atomic E-state index is 12.4. The monoisotopic (exact) mass is 337 g/mol. The normalized spacial score (nSPS) is 13.0. The van der Waals surface area contributed by atoms with Crippen LogP contribution >= 0.6 is 0 Å². The molecule has 1 heterocycles. The minimum Gasteiger partial charge on any atom is -0.349 e. The molecule has 0 aliphatic heterocycles. The fourth-order valence-electron chi connectivity index (χ4n) is 1.88. The van der Waals surface area contributed by atoms with Gasteiger partial charge in [0.15, 0.2) is 0 Å². The number of sulfone groups is 1. The van der Waals surface area contributed by atoms with Gasteiger partial charge >= 0.3 is 0 Å². The molecule has 0 aliphatic carbocycles. The number of aryl methyl sites for hydroxylation is 1. The summed E-state index contributed by atoms with van der Waals surface area (Å²) < 4.78 is 50.0. The first-order valence-corrected chi connectivity index (χ1v) is 10.1. The van der Waals surface area contributed by atoms with E-state index in [2.05, 4.69) is 0 Å². The van der Waals surface area contributed by atoms with Crippen LogP contribution in [0.25, 0.3) is 0 Å². The fourth-order valence-corrected chi connectivity index (χ4v) is 3.84. The topological polar surface area (TPSA) is 102 Å². The molecule has 0 fully saturated rings. The molecule has 1 aromatic heterocycles. The third kappa shape index (κ3) is 4.80. The standard InChI is InChI=1S/C12H23N3O4S2/c1-4-5-15-10-12(8-11(15)9-13)21(18,19)14(2)6-7-20(3,16)17/h8,10H,4-7,9,13H2,1-3H3. The van der Waals surface area contributed by atoms with E-state index in [9.17, 15) is 16.8 Å². The van der Waals surface area contributed by atoms with Gasteiger partial charge in [0, 0.05) is 44.8 Å². The summed E-state index contributed by atoms with van der Waals surface area (Å²) in [5, 5.41) is 0. The van der Waals surface area contributed by atoms with Crippen molar-refractivity contribution < 1.29 is 16.8 Å². The molecule has 21 heavy (non-hydrogen) atoms. The van der Waals surface area contributed by atoms with Crippen LogP contribution in [0.4, 0.5) is 0 Å². The second-order valence-corrected chi connectivity index (χ2v) is 9.33. The molecule has 1 aromatic rings. The Morgan fingerprint density at radius 2 is 1.90 bits per heavy atom.